The Balaban J connectivity index is 2.80. The third kappa shape index (κ3) is 1.84. The van der Waals surface area contributed by atoms with Crippen LogP contribution in [0.5, 0.6) is 0 Å². The molecule has 0 bridgehead atoms. The molecule has 0 heterocycles. The van der Waals surface area contributed by atoms with Gasteiger partial charge in [-0.05, 0) is 61.6 Å². The van der Waals surface area contributed by atoms with Gasteiger partial charge in [0.1, 0.15) is 0 Å². The van der Waals surface area contributed by atoms with Crippen LogP contribution in [-0.4, -0.2) is 0 Å². The highest BCUT2D eigenvalue weighted by molar-refractivity contribution is 5.90. The number of hydrogen-bond acceptors (Lipinski definition) is 2. The molecule has 2 heteroatoms. The van der Waals surface area contributed by atoms with Crippen molar-refractivity contribution in [2.45, 2.75) is 27.7 Å². The Morgan fingerprint density at radius 1 is 0.833 bits per heavy atom. The van der Waals surface area contributed by atoms with E-state index in [1.165, 1.54) is 11.1 Å². The Morgan fingerprint density at radius 2 is 1.50 bits per heavy atom. The molecule has 0 aromatic heterocycles. The van der Waals surface area contributed by atoms with Gasteiger partial charge in [0, 0.05) is 16.9 Å². The molecule has 4 N–H and O–H groups in total. The monoisotopic (exact) mass is 240 g/mol. The number of nitrogens with two attached hydrogens (primary N) is 2. The van der Waals surface area contributed by atoms with Gasteiger partial charge in [0.15, 0.2) is 0 Å². The number of benzene rings is 2. The van der Waals surface area contributed by atoms with E-state index in [0.29, 0.717) is 0 Å². The first-order valence-corrected chi connectivity index (χ1v) is 6.15. The first-order chi connectivity index (χ1) is 8.43. The number of anilines is 2. The number of rotatable bonds is 1. The predicted octanol–water partition coefficient (Wildman–Crippen LogP) is 3.75. The Morgan fingerprint density at radius 3 is 2.17 bits per heavy atom. The zero-order chi connectivity index (χ0) is 13.4. The van der Waals surface area contributed by atoms with Gasteiger partial charge in [0.25, 0.3) is 0 Å². The van der Waals surface area contributed by atoms with Gasteiger partial charge < -0.3 is 11.5 Å². The second-order valence-corrected chi connectivity index (χ2v) is 4.94. The summed E-state index contributed by atoms with van der Waals surface area (Å²) in [6.45, 7) is 8.29. The quantitative estimate of drug-likeness (QED) is 0.746. The lowest BCUT2D eigenvalue weighted by molar-refractivity contribution is 1.32. The van der Waals surface area contributed by atoms with Crippen LogP contribution in [-0.2, 0) is 0 Å². The standard InChI is InChI=1S/C16H20N2/c1-9-6-5-7-13(11(9)3)15-14(17)8-10(2)12(4)16(15)18/h5-8H,17-18H2,1-4H3. The average molecular weight is 240 g/mol. The Hall–Kier alpha value is -1.96. The van der Waals surface area contributed by atoms with Crippen molar-refractivity contribution in [3.05, 3.63) is 46.5 Å². The van der Waals surface area contributed by atoms with Crippen molar-refractivity contribution in [2.75, 3.05) is 11.5 Å². The fraction of sp³-hybridized carbons (Fsp3) is 0.250. The molecule has 0 spiro atoms. The van der Waals surface area contributed by atoms with Gasteiger partial charge in [-0.25, -0.2) is 0 Å². The van der Waals surface area contributed by atoms with Crippen molar-refractivity contribution in [1.29, 1.82) is 0 Å². The second kappa shape index (κ2) is 4.37. The van der Waals surface area contributed by atoms with E-state index in [9.17, 15) is 0 Å². The minimum Gasteiger partial charge on any atom is -0.398 e. The summed E-state index contributed by atoms with van der Waals surface area (Å²) < 4.78 is 0. The fourth-order valence-corrected chi connectivity index (χ4v) is 2.29. The van der Waals surface area contributed by atoms with Gasteiger partial charge in [-0.15, -0.1) is 0 Å². The van der Waals surface area contributed by atoms with Crippen LogP contribution in [0, 0.1) is 27.7 Å². The average Bonchev–Trinajstić information content (AvgIpc) is 2.32. The van der Waals surface area contributed by atoms with Crippen LogP contribution in [0.25, 0.3) is 11.1 Å². The summed E-state index contributed by atoms with van der Waals surface area (Å²) in [5, 5.41) is 0. The molecular weight excluding hydrogens is 220 g/mol. The maximum atomic E-state index is 6.26. The summed E-state index contributed by atoms with van der Waals surface area (Å²) in [7, 11) is 0. The molecule has 0 aliphatic heterocycles. The van der Waals surface area contributed by atoms with Crippen molar-refractivity contribution < 1.29 is 0 Å². The van der Waals surface area contributed by atoms with E-state index in [2.05, 4.69) is 26.0 Å². The van der Waals surface area contributed by atoms with Crippen LogP contribution >= 0.6 is 0 Å². The molecule has 2 nitrogen and oxygen atoms in total. The van der Waals surface area contributed by atoms with Gasteiger partial charge in [0.05, 0.1) is 0 Å². The molecule has 0 fully saturated rings. The molecule has 0 aliphatic carbocycles. The lowest BCUT2D eigenvalue weighted by Gasteiger charge is -2.17. The number of hydrogen-bond donors (Lipinski definition) is 2. The summed E-state index contributed by atoms with van der Waals surface area (Å²) >= 11 is 0. The van der Waals surface area contributed by atoms with E-state index >= 15 is 0 Å². The van der Waals surface area contributed by atoms with E-state index in [1.54, 1.807) is 0 Å². The molecule has 18 heavy (non-hydrogen) atoms. The van der Waals surface area contributed by atoms with Gasteiger partial charge >= 0.3 is 0 Å². The molecule has 0 aliphatic rings. The van der Waals surface area contributed by atoms with Gasteiger partial charge in [-0.2, -0.15) is 0 Å². The lowest BCUT2D eigenvalue weighted by atomic mass is 9.91. The molecular formula is C16H20N2. The van der Waals surface area contributed by atoms with E-state index < -0.39 is 0 Å². The van der Waals surface area contributed by atoms with E-state index in [0.717, 1.165) is 33.6 Å². The molecule has 0 radical (unpaired) electrons. The summed E-state index contributed by atoms with van der Waals surface area (Å²) in [6, 6.07) is 8.24. The summed E-state index contributed by atoms with van der Waals surface area (Å²) in [6.07, 6.45) is 0. The van der Waals surface area contributed by atoms with Crippen LogP contribution in [0.2, 0.25) is 0 Å². The largest absolute Gasteiger partial charge is 0.398 e. The molecule has 0 saturated carbocycles. The van der Waals surface area contributed by atoms with Crippen molar-refractivity contribution in [3.63, 3.8) is 0 Å². The summed E-state index contributed by atoms with van der Waals surface area (Å²) in [5.41, 5.74) is 20.8. The normalized spacial score (nSPS) is 10.7. The maximum Gasteiger partial charge on any atom is 0.0447 e. The van der Waals surface area contributed by atoms with Crippen molar-refractivity contribution in [1.82, 2.24) is 0 Å². The third-order valence-electron chi connectivity index (χ3n) is 3.80. The number of aryl methyl sites for hydroxylation is 2. The molecule has 0 atom stereocenters. The molecule has 0 amide bonds. The Labute approximate surface area is 109 Å². The minimum absolute atomic E-state index is 0.754. The zero-order valence-corrected chi connectivity index (χ0v) is 11.5. The SMILES string of the molecule is Cc1cccc(-c2c(N)cc(C)c(C)c2N)c1C. The van der Waals surface area contributed by atoms with E-state index in [1.807, 2.05) is 26.0 Å². The van der Waals surface area contributed by atoms with Gasteiger partial charge in [0.2, 0.25) is 0 Å². The highest BCUT2D eigenvalue weighted by atomic mass is 14.6. The van der Waals surface area contributed by atoms with Crippen molar-refractivity contribution in [3.8, 4) is 11.1 Å². The summed E-state index contributed by atoms with van der Waals surface area (Å²) in [5.74, 6) is 0. The maximum absolute atomic E-state index is 6.26. The smallest absolute Gasteiger partial charge is 0.0447 e. The van der Waals surface area contributed by atoms with Gasteiger partial charge in [-0.3, -0.25) is 0 Å². The van der Waals surface area contributed by atoms with E-state index in [-0.39, 0.29) is 0 Å². The van der Waals surface area contributed by atoms with Crippen LogP contribution in [0.4, 0.5) is 11.4 Å². The molecule has 2 aromatic carbocycles. The highest BCUT2D eigenvalue weighted by Crippen LogP contribution is 2.38. The third-order valence-corrected chi connectivity index (χ3v) is 3.80. The zero-order valence-electron chi connectivity index (χ0n) is 11.5. The molecule has 2 aromatic rings. The first kappa shape index (κ1) is 12.5. The van der Waals surface area contributed by atoms with Crippen molar-refractivity contribution >= 4 is 11.4 Å². The Bertz CT molecular complexity index is 613. The number of nitrogen functional groups attached to an aromatic ring is 2. The second-order valence-electron chi connectivity index (χ2n) is 4.94. The molecule has 2 rings (SSSR count). The Kier molecular flexibility index (Phi) is 3.04. The lowest BCUT2D eigenvalue weighted by Crippen LogP contribution is -2.02. The summed E-state index contributed by atoms with van der Waals surface area (Å²) in [4.78, 5) is 0. The first-order valence-electron chi connectivity index (χ1n) is 6.15. The minimum atomic E-state index is 0.754. The predicted molar refractivity (Wildman–Crippen MR) is 79.7 cm³/mol. The van der Waals surface area contributed by atoms with Crippen LogP contribution in [0.15, 0.2) is 24.3 Å². The van der Waals surface area contributed by atoms with Crippen LogP contribution in [0.1, 0.15) is 22.3 Å². The highest BCUT2D eigenvalue weighted by Gasteiger charge is 2.13. The van der Waals surface area contributed by atoms with Crippen LogP contribution in [0.3, 0.4) is 0 Å². The topological polar surface area (TPSA) is 52.0 Å². The van der Waals surface area contributed by atoms with Crippen LogP contribution < -0.4 is 11.5 Å². The molecule has 0 saturated heterocycles. The van der Waals surface area contributed by atoms with E-state index in [4.69, 9.17) is 11.5 Å². The molecule has 94 valence electrons. The molecule has 0 unspecified atom stereocenters. The fourth-order valence-electron chi connectivity index (χ4n) is 2.29. The van der Waals surface area contributed by atoms with Gasteiger partial charge in [-0.1, -0.05) is 18.2 Å². The van der Waals surface area contributed by atoms with Crippen molar-refractivity contribution in [2.24, 2.45) is 0 Å².